The van der Waals surface area contributed by atoms with E-state index in [-0.39, 0.29) is 5.82 Å². The molecule has 0 spiro atoms. The Labute approximate surface area is 142 Å². The third-order valence-electron chi connectivity index (χ3n) is 5.66. The van der Waals surface area contributed by atoms with Crippen molar-refractivity contribution in [2.45, 2.75) is 38.5 Å². The number of aromatic nitrogens is 1. The van der Waals surface area contributed by atoms with Crippen molar-refractivity contribution in [2.75, 3.05) is 37.6 Å². The smallest absolute Gasteiger partial charge is 0.180 e. The highest BCUT2D eigenvalue weighted by Gasteiger charge is 2.22. The highest BCUT2D eigenvalue weighted by atomic mass is 19.1. The van der Waals surface area contributed by atoms with Crippen molar-refractivity contribution in [1.82, 2.24) is 10.1 Å². The zero-order chi connectivity index (χ0) is 16.4. The van der Waals surface area contributed by atoms with Crippen molar-refractivity contribution in [1.29, 1.82) is 0 Å². The van der Waals surface area contributed by atoms with E-state index in [1.807, 2.05) is 0 Å². The molecular weight excluding hydrogens is 305 g/mol. The molecule has 1 saturated heterocycles. The Morgan fingerprint density at radius 2 is 1.88 bits per heavy atom. The van der Waals surface area contributed by atoms with Gasteiger partial charge in [0.25, 0.3) is 0 Å². The summed E-state index contributed by atoms with van der Waals surface area (Å²) >= 11 is 0. The van der Waals surface area contributed by atoms with Gasteiger partial charge < -0.3 is 9.42 Å². The van der Waals surface area contributed by atoms with E-state index in [4.69, 9.17) is 4.52 Å². The summed E-state index contributed by atoms with van der Waals surface area (Å²) in [6.45, 7) is 5.19. The second-order valence-electron chi connectivity index (χ2n) is 7.27. The molecule has 130 valence electrons. The molecule has 4 rings (SSSR count). The first-order valence-corrected chi connectivity index (χ1v) is 9.32. The number of fused-ring (bicyclic) bond motifs is 1. The summed E-state index contributed by atoms with van der Waals surface area (Å²) in [5.41, 5.74) is 0.658. The molecule has 0 bridgehead atoms. The predicted octanol–water partition coefficient (Wildman–Crippen LogP) is 4.06. The Bertz CT molecular complexity index is 672. The van der Waals surface area contributed by atoms with Crippen LogP contribution in [0, 0.1) is 11.7 Å². The molecule has 2 aliphatic rings. The quantitative estimate of drug-likeness (QED) is 0.846. The van der Waals surface area contributed by atoms with Gasteiger partial charge in [-0.25, -0.2) is 4.39 Å². The maximum atomic E-state index is 13.5. The van der Waals surface area contributed by atoms with Gasteiger partial charge in [-0.2, -0.15) is 0 Å². The largest absolute Gasteiger partial charge is 0.354 e. The zero-order valence-electron chi connectivity index (χ0n) is 14.2. The maximum absolute atomic E-state index is 13.5. The molecule has 0 N–H and O–H groups in total. The fourth-order valence-electron chi connectivity index (χ4n) is 4.15. The molecule has 1 aromatic heterocycles. The Balaban J connectivity index is 1.33. The van der Waals surface area contributed by atoms with E-state index in [9.17, 15) is 4.39 Å². The molecule has 4 nitrogen and oxygen atoms in total. The first-order valence-electron chi connectivity index (χ1n) is 9.32. The standard InChI is InChI=1S/C19H26FN3O/c20-16-6-7-18-17(14-16)19(21-24-18)23-12-10-22(11-13-23)9-8-15-4-2-1-3-5-15/h6-7,14-15H,1-5,8-13H2. The summed E-state index contributed by atoms with van der Waals surface area (Å²) in [5.74, 6) is 1.49. The van der Waals surface area contributed by atoms with Crippen molar-refractivity contribution < 1.29 is 8.91 Å². The first kappa shape index (κ1) is 15.9. The van der Waals surface area contributed by atoms with Crippen molar-refractivity contribution >= 4 is 16.8 Å². The Hall–Kier alpha value is -1.62. The number of benzene rings is 1. The number of hydrogen-bond acceptors (Lipinski definition) is 4. The van der Waals surface area contributed by atoms with E-state index in [0.29, 0.717) is 5.58 Å². The fourth-order valence-corrected chi connectivity index (χ4v) is 4.15. The van der Waals surface area contributed by atoms with Crippen LogP contribution in [0.2, 0.25) is 0 Å². The summed E-state index contributed by atoms with van der Waals surface area (Å²) < 4.78 is 18.8. The average molecular weight is 331 g/mol. The topological polar surface area (TPSA) is 32.5 Å². The van der Waals surface area contributed by atoms with Gasteiger partial charge in [-0.15, -0.1) is 0 Å². The minimum atomic E-state index is -0.238. The van der Waals surface area contributed by atoms with Crippen molar-refractivity contribution in [3.8, 4) is 0 Å². The fraction of sp³-hybridized carbons (Fsp3) is 0.632. The third-order valence-corrected chi connectivity index (χ3v) is 5.66. The molecular formula is C19H26FN3O. The summed E-state index contributed by atoms with van der Waals surface area (Å²) in [5, 5.41) is 4.95. The zero-order valence-corrected chi connectivity index (χ0v) is 14.2. The van der Waals surface area contributed by atoms with Gasteiger partial charge in [-0.3, -0.25) is 4.90 Å². The minimum absolute atomic E-state index is 0.238. The van der Waals surface area contributed by atoms with Gasteiger partial charge in [0, 0.05) is 26.2 Å². The Kier molecular flexibility index (Phi) is 4.69. The predicted molar refractivity (Wildman–Crippen MR) is 93.8 cm³/mol. The van der Waals surface area contributed by atoms with Crippen LogP contribution in [-0.2, 0) is 0 Å². The highest BCUT2D eigenvalue weighted by Crippen LogP contribution is 2.29. The van der Waals surface area contributed by atoms with Crippen LogP contribution in [0.4, 0.5) is 10.2 Å². The van der Waals surface area contributed by atoms with Crippen LogP contribution in [0.15, 0.2) is 22.7 Å². The third kappa shape index (κ3) is 3.41. The van der Waals surface area contributed by atoms with Crippen LogP contribution < -0.4 is 4.90 Å². The number of halogens is 1. The van der Waals surface area contributed by atoms with Gasteiger partial charge in [-0.1, -0.05) is 37.3 Å². The van der Waals surface area contributed by atoms with E-state index in [2.05, 4.69) is 15.0 Å². The van der Waals surface area contributed by atoms with Gasteiger partial charge >= 0.3 is 0 Å². The summed E-state index contributed by atoms with van der Waals surface area (Å²) in [7, 11) is 0. The second kappa shape index (κ2) is 7.09. The molecule has 24 heavy (non-hydrogen) atoms. The van der Waals surface area contributed by atoms with Crippen LogP contribution >= 0.6 is 0 Å². The van der Waals surface area contributed by atoms with Crippen LogP contribution in [0.25, 0.3) is 11.0 Å². The van der Waals surface area contributed by atoms with Crippen LogP contribution in [0.5, 0.6) is 0 Å². The van der Waals surface area contributed by atoms with Crippen LogP contribution in [0.3, 0.4) is 0 Å². The van der Waals surface area contributed by atoms with Gasteiger partial charge in [0.2, 0.25) is 0 Å². The molecule has 1 aromatic carbocycles. The normalized spacial score (nSPS) is 20.8. The van der Waals surface area contributed by atoms with Crippen molar-refractivity contribution in [3.05, 3.63) is 24.0 Å². The van der Waals surface area contributed by atoms with E-state index in [0.717, 1.165) is 43.3 Å². The van der Waals surface area contributed by atoms with Gasteiger partial charge in [0.1, 0.15) is 5.82 Å². The molecule has 0 amide bonds. The monoisotopic (exact) mass is 331 g/mol. The lowest BCUT2D eigenvalue weighted by Gasteiger charge is -2.35. The molecule has 1 aliphatic carbocycles. The van der Waals surface area contributed by atoms with E-state index < -0.39 is 0 Å². The molecule has 5 heteroatoms. The second-order valence-corrected chi connectivity index (χ2v) is 7.27. The van der Waals surface area contributed by atoms with Crippen LogP contribution in [0.1, 0.15) is 38.5 Å². The average Bonchev–Trinajstić information content (AvgIpc) is 3.04. The molecule has 1 aliphatic heterocycles. The molecule has 0 atom stereocenters. The number of anilines is 1. The number of rotatable bonds is 4. The van der Waals surface area contributed by atoms with Crippen molar-refractivity contribution in [2.24, 2.45) is 5.92 Å². The minimum Gasteiger partial charge on any atom is -0.354 e. The summed E-state index contributed by atoms with van der Waals surface area (Å²) in [6.07, 6.45) is 8.48. The number of nitrogens with zero attached hydrogens (tertiary/aromatic N) is 3. The lowest BCUT2D eigenvalue weighted by Crippen LogP contribution is -2.47. The molecule has 0 radical (unpaired) electrons. The molecule has 2 aromatic rings. The summed E-state index contributed by atoms with van der Waals surface area (Å²) in [6, 6.07) is 4.60. The number of hydrogen-bond donors (Lipinski definition) is 0. The lowest BCUT2D eigenvalue weighted by molar-refractivity contribution is 0.221. The summed E-state index contributed by atoms with van der Waals surface area (Å²) in [4.78, 5) is 4.79. The number of piperazine rings is 1. The van der Waals surface area contributed by atoms with Gasteiger partial charge in [-0.05, 0) is 37.1 Å². The SMILES string of the molecule is Fc1ccc2onc(N3CCN(CCC4CCCCC4)CC3)c2c1. The molecule has 2 fully saturated rings. The highest BCUT2D eigenvalue weighted by molar-refractivity contribution is 5.88. The first-order chi connectivity index (χ1) is 11.8. The molecule has 0 unspecified atom stereocenters. The lowest BCUT2D eigenvalue weighted by atomic mass is 9.87. The van der Waals surface area contributed by atoms with E-state index in [1.165, 1.54) is 57.2 Å². The maximum Gasteiger partial charge on any atom is 0.180 e. The molecule has 2 heterocycles. The Morgan fingerprint density at radius 1 is 1.08 bits per heavy atom. The van der Waals surface area contributed by atoms with Gasteiger partial charge in [0.05, 0.1) is 5.39 Å². The van der Waals surface area contributed by atoms with E-state index in [1.54, 1.807) is 6.07 Å². The Morgan fingerprint density at radius 3 is 2.67 bits per heavy atom. The van der Waals surface area contributed by atoms with E-state index >= 15 is 0 Å². The van der Waals surface area contributed by atoms with Crippen molar-refractivity contribution in [3.63, 3.8) is 0 Å². The van der Waals surface area contributed by atoms with Crippen LogP contribution in [-0.4, -0.2) is 42.8 Å². The van der Waals surface area contributed by atoms with Gasteiger partial charge in [0.15, 0.2) is 11.4 Å². The molecule has 1 saturated carbocycles.